The van der Waals surface area contributed by atoms with Crippen molar-refractivity contribution in [3.05, 3.63) is 51.5 Å². The fourth-order valence-corrected chi connectivity index (χ4v) is 6.26. The van der Waals surface area contributed by atoms with Crippen molar-refractivity contribution in [1.82, 2.24) is 14.5 Å². The lowest BCUT2D eigenvalue weighted by Gasteiger charge is -2.26. The van der Waals surface area contributed by atoms with Crippen LogP contribution in [0.25, 0.3) is 11.0 Å². The van der Waals surface area contributed by atoms with Gasteiger partial charge in [0.15, 0.2) is 11.6 Å². The molecule has 2 aromatic carbocycles. The highest BCUT2D eigenvalue weighted by Gasteiger charge is 2.28. The Bertz CT molecular complexity index is 1390. The van der Waals surface area contributed by atoms with Crippen LogP contribution in [-0.4, -0.2) is 64.1 Å². The number of rotatable bonds is 11. The fourth-order valence-electron chi connectivity index (χ4n) is 4.80. The number of aryl methyl sites for hydroxylation is 2. The molecule has 2 heterocycles. The number of carbonyl (C=O) groups excluding carboxylic acids is 2. The number of primary amides is 1. The van der Waals surface area contributed by atoms with Crippen molar-refractivity contribution < 1.29 is 18.7 Å². The number of hydrogen-bond donors (Lipinski definition) is 2. The first-order valence-electron chi connectivity index (χ1n) is 13.3. The molecule has 39 heavy (non-hydrogen) atoms. The Kier molecular flexibility index (Phi) is 8.78. The largest absolute Gasteiger partial charge is 0.462 e. The van der Waals surface area contributed by atoms with E-state index in [0.29, 0.717) is 30.3 Å². The van der Waals surface area contributed by atoms with E-state index in [1.54, 1.807) is 16.7 Å². The molecule has 1 aromatic heterocycles. The number of unbranched alkanes of at least 4 members (excludes halogenated alkanes) is 1. The van der Waals surface area contributed by atoms with Crippen LogP contribution in [0.4, 0.5) is 15.8 Å². The third-order valence-electron chi connectivity index (χ3n) is 7.23. The summed E-state index contributed by atoms with van der Waals surface area (Å²) in [7, 11) is 0. The number of esters is 1. The second kappa shape index (κ2) is 12.3. The SMILES string of the molecule is Cc1cc(Br)ccc1Nc1c(C(=O)OCC2CC2)cc2c(nc(C(N)=O)n2CCCCN2CCSCC2)c1F. The van der Waals surface area contributed by atoms with Crippen molar-refractivity contribution in [3.8, 4) is 0 Å². The van der Waals surface area contributed by atoms with Crippen LogP contribution >= 0.6 is 27.7 Å². The van der Waals surface area contributed by atoms with Gasteiger partial charge in [0.1, 0.15) is 5.52 Å². The highest BCUT2D eigenvalue weighted by atomic mass is 79.9. The molecule has 11 heteroatoms. The lowest BCUT2D eigenvalue weighted by Crippen LogP contribution is -2.33. The van der Waals surface area contributed by atoms with Gasteiger partial charge in [-0.1, -0.05) is 15.9 Å². The van der Waals surface area contributed by atoms with Crippen molar-refractivity contribution in [2.24, 2.45) is 11.7 Å². The highest BCUT2D eigenvalue weighted by Crippen LogP contribution is 2.35. The molecule has 5 rings (SSSR count). The van der Waals surface area contributed by atoms with E-state index in [0.717, 1.165) is 66.9 Å². The zero-order chi connectivity index (χ0) is 27.5. The van der Waals surface area contributed by atoms with Crippen LogP contribution in [0, 0.1) is 18.7 Å². The van der Waals surface area contributed by atoms with Gasteiger partial charge in [0.05, 0.1) is 23.4 Å². The number of nitrogens with one attached hydrogen (secondary N) is 1. The van der Waals surface area contributed by atoms with E-state index >= 15 is 4.39 Å². The Hall–Kier alpha value is -2.63. The number of hydrogen-bond acceptors (Lipinski definition) is 7. The van der Waals surface area contributed by atoms with Crippen LogP contribution in [0.3, 0.4) is 0 Å². The summed E-state index contributed by atoms with van der Waals surface area (Å²) < 4.78 is 24.3. The first-order chi connectivity index (χ1) is 18.8. The molecule has 1 aliphatic heterocycles. The topological polar surface area (TPSA) is 102 Å². The van der Waals surface area contributed by atoms with Gasteiger partial charge in [-0.15, -0.1) is 0 Å². The predicted octanol–water partition coefficient (Wildman–Crippen LogP) is 5.48. The summed E-state index contributed by atoms with van der Waals surface area (Å²) in [5.74, 6) is 0.553. The van der Waals surface area contributed by atoms with E-state index in [-0.39, 0.29) is 22.6 Å². The number of benzene rings is 2. The van der Waals surface area contributed by atoms with Crippen molar-refractivity contribution >= 4 is 62.0 Å². The molecule has 0 radical (unpaired) electrons. The number of halogens is 2. The summed E-state index contributed by atoms with van der Waals surface area (Å²) in [4.78, 5) is 32.3. The molecule has 3 N–H and O–H groups in total. The molecule has 1 aliphatic carbocycles. The number of ether oxygens (including phenoxy) is 1. The maximum Gasteiger partial charge on any atom is 0.340 e. The van der Waals surface area contributed by atoms with Crippen LogP contribution in [0.2, 0.25) is 0 Å². The van der Waals surface area contributed by atoms with Crippen molar-refractivity contribution in [2.75, 3.05) is 43.1 Å². The summed E-state index contributed by atoms with van der Waals surface area (Å²) >= 11 is 5.42. The number of nitrogens with zero attached hydrogens (tertiary/aromatic N) is 3. The average Bonchev–Trinajstić information content (AvgIpc) is 3.68. The van der Waals surface area contributed by atoms with Gasteiger partial charge in [-0.3, -0.25) is 4.79 Å². The normalized spacial score (nSPS) is 16.0. The Labute approximate surface area is 240 Å². The van der Waals surface area contributed by atoms with Crippen molar-refractivity contribution in [3.63, 3.8) is 0 Å². The van der Waals surface area contributed by atoms with Crippen molar-refractivity contribution in [1.29, 1.82) is 0 Å². The Morgan fingerprint density at radius 1 is 1.21 bits per heavy atom. The molecule has 2 aliphatic rings. The number of anilines is 2. The third-order valence-corrected chi connectivity index (χ3v) is 8.67. The third kappa shape index (κ3) is 6.58. The maximum atomic E-state index is 16.2. The number of fused-ring (bicyclic) bond motifs is 1. The summed E-state index contributed by atoms with van der Waals surface area (Å²) in [6, 6.07) is 7.11. The van der Waals surface area contributed by atoms with Crippen molar-refractivity contribution in [2.45, 2.75) is 39.2 Å². The molecule has 8 nitrogen and oxygen atoms in total. The summed E-state index contributed by atoms with van der Waals surface area (Å²) in [6.45, 7) is 5.75. The first kappa shape index (κ1) is 27.9. The number of amides is 1. The molecule has 208 valence electrons. The lowest BCUT2D eigenvalue weighted by atomic mass is 10.1. The van der Waals surface area contributed by atoms with Gasteiger partial charge in [-0.25, -0.2) is 14.2 Å². The highest BCUT2D eigenvalue weighted by molar-refractivity contribution is 9.10. The Balaban J connectivity index is 1.49. The van der Waals surface area contributed by atoms with Crippen LogP contribution in [0.1, 0.15) is 52.2 Å². The quantitative estimate of drug-likeness (QED) is 0.217. The second-order valence-electron chi connectivity index (χ2n) is 10.2. The molecule has 2 fully saturated rings. The Morgan fingerprint density at radius 3 is 2.64 bits per heavy atom. The van der Waals surface area contributed by atoms with E-state index < -0.39 is 17.7 Å². The van der Waals surface area contributed by atoms with Gasteiger partial charge in [-0.05, 0) is 74.9 Å². The summed E-state index contributed by atoms with van der Waals surface area (Å²) in [5.41, 5.74) is 7.54. The smallest absolute Gasteiger partial charge is 0.340 e. The number of aromatic nitrogens is 2. The van der Waals surface area contributed by atoms with Gasteiger partial charge in [0.2, 0.25) is 0 Å². The molecule has 1 saturated carbocycles. The second-order valence-corrected chi connectivity index (χ2v) is 12.4. The molecule has 0 spiro atoms. The molecular formula is C28H33BrFN5O3S. The molecular weight excluding hydrogens is 585 g/mol. The number of imidazole rings is 1. The van der Waals surface area contributed by atoms with Gasteiger partial charge < -0.3 is 25.3 Å². The van der Waals surface area contributed by atoms with Crippen LogP contribution in [0.5, 0.6) is 0 Å². The lowest BCUT2D eigenvalue weighted by molar-refractivity contribution is 0.0487. The molecule has 1 amide bonds. The van der Waals surface area contributed by atoms with Crippen LogP contribution < -0.4 is 11.1 Å². The summed E-state index contributed by atoms with van der Waals surface area (Å²) in [6.07, 6.45) is 3.73. The molecule has 0 bridgehead atoms. The van der Waals surface area contributed by atoms with Crippen LogP contribution in [0.15, 0.2) is 28.7 Å². The van der Waals surface area contributed by atoms with E-state index in [2.05, 4.69) is 31.1 Å². The average molecular weight is 619 g/mol. The zero-order valence-corrected chi connectivity index (χ0v) is 24.4. The van der Waals surface area contributed by atoms with Crippen LogP contribution in [-0.2, 0) is 11.3 Å². The number of nitrogens with two attached hydrogens (primary N) is 1. The molecule has 0 unspecified atom stereocenters. The zero-order valence-electron chi connectivity index (χ0n) is 22.0. The molecule has 3 aromatic rings. The number of thioether (sulfide) groups is 1. The predicted molar refractivity (Wildman–Crippen MR) is 156 cm³/mol. The van der Waals surface area contributed by atoms with Gasteiger partial charge in [-0.2, -0.15) is 11.8 Å². The monoisotopic (exact) mass is 617 g/mol. The first-order valence-corrected chi connectivity index (χ1v) is 15.3. The van der Waals surface area contributed by atoms with E-state index in [4.69, 9.17) is 10.5 Å². The van der Waals surface area contributed by atoms with E-state index in [1.807, 2.05) is 30.8 Å². The minimum Gasteiger partial charge on any atom is -0.462 e. The summed E-state index contributed by atoms with van der Waals surface area (Å²) in [5, 5.41) is 3.09. The van der Waals surface area contributed by atoms with E-state index in [1.165, 1.54) is 0 Å². The minimum atomic E-state index is -0.741. The standard InChI is InChI=1S/C28H33BrFN5O3S/c1-17-14-19(29)6-7-21(17)32-24-20(28(37)38-16-18-4-5-18)15-22-25(23(24)30)33-27(26(31)36)35(22)9-3-2-8-34-10-12-39-13-11-34/h6-7,14-15,18,32H,2-5,8-13,16H2,1H3,(H2,31,36). The van der Waals surface area contributed by atoms with E-state index in [9.17, 15) is 9.59 Å². The van der Waals surface area contributed by atoms with Gasteiger partial charge >= 0.3 is 5.97 Å². The Morgan fingerprint density at radius 2 is 1.95 bits per heavy atom. The molecule has 1 saturated heterocycles. The van der Waals surface area contributed by atoms with Gasteiger partial charge in [0.25, 0.3) is 5.91 Å². The minimum absolute atomic E-state index is 0.00661. The number of carbonyl (C=O) groups is 2. The fraction of sp³-hybridized carbons (Fsp3) is 0.464. The van der Waals surface area contributed by atoms with Gasteiger partial charge in [0, 0.05) is 41.3 Å². The molecule has 0 atom stereocenters. The maximum absolute atomic E-state index is 16.2.